The van der Waals surface area contributed by atoms with Crippen molar-refractivity contribution in [2.24, 2.45) is 5.10 Å². The van der Waals surface area contributed by atoms with E-state index < -0.39 is 24.3 Å². The Bertz CT molecular complexity index is 1230. The molecular formula is C27H34N4O8. The van der Waals surface area contributed by atoms with Crippen molar-refractivity contribution in [2.75, 3.05) is 34.0 Å². The molecule has 39 heavy (non-hydrogen) atoms. The van der Waals surface area contributed by atoms with Crippen molar-refractivity contribution in [2.45, 2.75) is 33.0 Å². The average molecular weight is 543 g/mol. The minimum Gasteiger partial charge on any atom is -0.493 e. The van der Waals surface area contributed by atoms with E-state index in [2.05, 4.69) is 21.2 Å². The van der Waals surface area contributed by atoms with Gasteiger partial charge < -0.3 is 39.4 Å². The number of aliphatic hydroxyl groups excluding tert-OH is 1. The summed E-state index contributed by atoms with van der Waals surface area (Å²) in [4.78, 5) is 24.5. The van der Waals surface area contributed by atoms with E-state index in [9.17, 15) is 14.7 Å². The second kappa shape index (κ2) is 13.9. The summed E-state index contributed by atoms with van der Waals surface area (Å²) in [5, 5.41) is 19.8. The Morgan fingerprint density at radius 3 is 2.56 bits per heavy atom. The summed E-state index contributed by atoms with van der Waals surface area (Å²) in [5.74, 6) is 1.28. The first kappa shape index (κ1) is 29.1. The third-order valence-electron chi connectivity index (χ3n) is 5.62. The summed E-state index contributed by atoms with van der Waals surface area (Å²) in [6.07, 6.45) is 0.371. The summed E-state index contributed by atoms with van der Waals surface area (Å²) in [5.41, 5.74) is 4.54. The maximum atomic E-state index is 12.4. The first-order valence-electron chi connectivity index (χ1n) is 12.3. The number of nitrogens with one attached hydrogen (secondary N) is 3. The molecule has 210 valence electrons. The molecule has 0 saturated carbocycles. The van der Waals surface area contributed by atoms with Gasteiger partial charge >= 0.3 is 12.0 Å². The molecule has 0 fully saturated rings. The molecule has 0 unspecified atom stereocenters. The minimum absolute atomic E-state index is 0.149. The quantitative estimate of drug-likeness (QED) is 0.130. The summed E-state index contributed by atoms with van der Waals surface area (Å²) in [7, 11) is 2.83. The fourth-order valence-corrected chi connectivity index (χ4v) is 3.91. The van der Waals surface area contributed by atoms with Gasteiger partial charge in [-0.05, 0) is 50.6 Å². The normalized spacial score (nSPS) is 15.7. The number of aliphatic hydroxyl groups is 1. The summed E-state index contributed by atoms with van der Waals surface area (Å²) in [6, 6.07) is 9.21. The lowest BCUT2D eigenvalue weighted by Crippen LogP contribution is -2.45. The van der Waals surface area contributed by atoms with Gasteiger partial charge in [-0.15, -0.1) is 0 Å². The second-order valence-electron chi connectivity index (χ2n) is 8.23. The van der Waals surface area contributed by atoms with Gasteiger partial charge in [0.25, 0.3) is 0 Å². The number of urea groups is 1. The van der Waals surface area contributed by atoms with Crippen molar-refractivity contribution in [1.82, 2.24) is 16.1 Å². The predicted molar refractivity (Wildman–Crippen MR) is 143 cm³/mol. The van der Waals surface area contributed by atoms with Crippen LogP contribution >= 0.6 is 0 Å². The number of carbonyl (C=O) groups excluding carboxylic acids is 2. The van der Waals surface area contributed by atoms with Crippen LogP contribution in [0.2, 0.25) is 0 Å². The molecule has 3 rings (SSSR count). The predicted octanol–water partition coefficient (Wildman–Crippen LogP) is 2.61. The van der Waals surface area contributed by atoms with E-state index >= 15 is 0 Å². The molecule has 0 aromatic heterocycles. The molecular weight excluding hydrogens is 508 g/mol. The van der Waals surface area contributed by atoms with Crippen LogP contribution in [0.1, 0.15) is 37.9 Å². The third-order valence-corrected chi connectivity index (χ3v) is 5.62. The van der Waals surface area contributed by atoms with Crippen LogP contribution < -0.4 is 35.0 Å². The van der Waals surface area contributed by atoms with Gasteiger partial charge in [-0.1, -0.05) is 12.1 Å². The van der Waals surface area contributed by atoms with E-state index in [-0.39, 0.29) is 12.2 Å². The summed E-state index contributed by atoms with van der Waals surface area (Å²) in [6.45, 7) is 5.95. The number of carbonyl (C=O) groups is 2. The van der Waals surface area contributed by atoms with Crippen LogP contribution in [0.4, 0.5) is 4.79 Å². The van der Waals surface area contributed by atoms with Gasteiger partial charge in [-0.3, -0.25) is 5.43 Å². The molecule has 4 N–H and O–H groups in total. The van der Waals surface area contributed by atoms with Gasteiger partial charge in [0.2, 0.25) is 0 Å². The number of hydrogen-bond donors (Lipinski definition) is 4. The van der Waals surface area contributed by atoms with E-state index in [4.69, 9.17) is 23.7 Å². The molecule has 0 saturated heterocycles. The topological polar surface area (TPSA) is 149 Å². The molecule has 1 heterocycles. The number of methoxy groups -OCH3 is 2. The van der Waals surface area contributed by atoms with Gasteiger partial charge in [0, 0.05) is 11.3 Å². The molecule has 2 aromatic rings. The number of benzene rings is 2. The molecule has 0 spiro atoms. The van der Waals surface area contributed by atoms with Gasteiger partial charge in [-0.2, -0.15) is 5.10 Å². The van der Waals surface area contributed by atoms with E-state index in [0.717, 1.165) is 0 Å². The highest BCUT2D eigenvalue weighted by Gasteiger charge is 2.32. The van der Waals surface area contributed by atoms with Crippen LogP contribution in [-0.2, 0) is 9.53 Å². The molecule has 1 aliphatic rings. The molecule has 0 aliphatic carbocycles. The fourth-order valence-electron chi connectivity index (χ4n) is 3.91. The number of esters is 1. The largest absolute Gasteiger partial charge is 0.493 e. The first-order chi connectivity index (χ1) is 18.8. The van der Waals surface area contributed by atoms with E-state index in [1.165, 1.54) is 13.3 Å². The molecule has 2 atom stereocenters. The Labute approximate surface area is 226 Å². The lowest BCUT2D eigenvalue weighted by molar-refractivity contribution is -0.136. The van der Waals surface area contributed by atoms with Crippen molar-refractivity contribution in [1.29, 1.82) is 0 Å². The zero-order valence-corrected chi connectivity index (χ0v) is 22.6. The van der Waals surface area contributed by atoms with Crippen molar-refractivity contribution in [3.8, 4) is 23.0 Å². The van der Waals surface area contributed by atoms with Crippen LogP contribution in [0.25, 0.3) is 0 Å². The number of hydrazone groups is 1. The number of para-hydroxylation sites is 1. The Morgan fingerprint density at radius 1 is 1.10 bits per heavy atom. The monoisotopic (exact) mass is 542 g/mol. The standard InChI is InChI=1S/C27H34N4O8/c1-6-37-21-13-17(24-23(26(33)36-5)16(3)29-27(34)30-24)11-12-19(21)39-15-22(32)31-28-14-18-9-8-10-20(35-4)25(18)38-7-2/h8-14,22,24,31-32H,6-7,15H2,1-5H3,(H2,29,30,34)/b28-14+/t22-,24+/m1/s1. The Hall–Kier alpha value is -4.45. The summed E-state index contributed by atoms with van der Waals surface area (Å²) >= 11 is 0. The molecule has 0 radical (unpaired) electrons. The van der Waals surface area contributed by atoms with Crippen LogP contribution in [0.3, 0.4) is 0 Å². The molecule has 2 aromatic carbocycles. The smallest absolute Gasteiger partial charge is 0.337 e. The highest BCUT2D eigenvalue weighted by molar-refractivity contribution is 5.95. The first-order valence-corrected chi connectivity index (χ1v) is 12.3. The zero-order valence-electron chi connectivity index (χ0n) is 22.6. The van der Waals surface area contributed by atoms with Crippen LogP contribution in [0.15, 0.2) is 52.8 Å². The lowest BCUT2D eigenvalue weighted by Gasteiger charge is -2.28. The second-order valence-corrected chi connectivity index (χ2v) is 8.23. The van der Waals surface area contributed by atoms with Crippen LogP contribution in [0.5, 0.6) is 23.0 Å². The number of ether oxygens (including phenoxy) is 5. The van der Waals surface area contributed by atoms with Crippen molar-refractivity contribution in [3.63, 3.8) is 0 Å². The van der Waals surface area contributed by atoms with Gasteiger partial charge in [0.1, 0.15) is 6.61 Å². The Morgan fingerprint density at radius 2 is 1.87 bits per heavy atom. The highest BCUT2D eigenvalue weighted by Crippen LogP contribution is 2.35. The molecule has 0 bridgehead atoms. The number of amides is 2. The molecule has 2 amide bonds. The zero-order chi connectivity index (χ0) is 28.4. The van der Waals surface area contributed by atoms with E-state index in [0.29, 0.717) is 53.0 Å². The lowest BCUT2D eigenvalue weighted by atomic mass is 9.95. The SMILES string of the molecule is CCOc1cc([C@@H]2NC(=O)NC(C)=C2C(=O)OC)ccc1OC[C@@H](O)N/N=C/c1cccc(OC)c1OCC. The number of rotatable bonds is 13. The van der Waals surface area contributed by atoms with Crippen molar-refractivity contribution >= 4 is 18.2 Å². The van der Waals surface area contributed by atoms with Crippen molar-refractivity contribution in [3.05, 3.63) is 58.8 Å². The minimum atomic E-state index is -1.14. The number of allylic oxidation sites excluding steroid dienone is 1. The third kappa shape index (κ3) is 7.32. The molecule has 1 aliphatic heterocycles. The van der Waals surface area contributed by atoms with Gasteiger partial charge in [0.05, 0.1) is 45.3 Å². The van der Waals surface area contributed by atoms with E-state index in [1.54, 1.807) is 38.3 Å². The van der Waals surface area contributed by atoms with Crippen LogP contribution in [0, 0.1) is 0 Å². The van der Waals surface area contributed by atoms with Crippen molar-refractivity contribution < 1.29 is 38.4 Å². The maximum absolute atomic E-state index is 12.4. The fraction of sp³-hybridized carbons (Fsp3) is 0.370. The average Bonchev–Trinajstić information content (AvgIpc) is 2.92. The highest BCUT2D eigenvalue weighted by atomic mass is 16.5. The van der Waals surface area contributed by atoms with E-state index in [1.807, 2.05) is 26.0 Å². The Balaban J connectivity index is 1.71. The maximum Gasteiger partial charge on any atom is 0.337 e. The Kier molecular flexibility index (Phi) is 10.4. The molecule has 12 heteroatoms. The summed E-state index contributed by atoms with van der Waals surface area (Å²) < 4.78 is 27.4. The van der Waals surface area contributed by atoms with Gasteiger partial charge in [0.15, 0.2) is 29.2 Å². The van der Waals surface area contributed by atoms with Crippen LogP contribution in [-0.4, -0.2) is 63.6 Å². The molecule has 12 nitrogen and oxygen atoms in total. The number of nitrogens with zero attached hydrogens (tertiary/aromatic N) is 1. The number of hydrogen-bond acceptors (Lipinski definition) is 10. The van der Waals surface area contributed by atoms with Gasteiger partial charge in [-0.25, -0.2) is 9.59 Å².